The number of aliphatic carboxylic acids is 1. The van der Waals surface area contributed by atoms with E-state index in [0.29, 0.717) is 68.6 Å². The van der Waals surface area contributed by atoms with Crippen LogP contribution >= 0.6 is 11.8 Å². The van der Waals surface area contributed by atoms with E-state index in [0.717, 1.165) is 32.1 Å². The number of guanidine groups is 2. The van der Waals surface area contributed by atoms with Gasteiger partial charge in [0.25, 0.3) is 0 Å². The van der Waals surface area contributed by atoms with Crippen molar-refractivity contribution >= 4 is 112 Å². The molecule has 14 atom stereocenters. The average Bonchev–Trinajstić information content (AvgIpc) is 0.847. The Labute approximate surface area is 785 Å². The number of aliphatic hydroxyl groups is 2. The number of primary amides is 1. The van der Waals surface area contributed by atoms with Gasteiger partial charge in [-0.2, -0.15) is 11.8 Å². The number of phenols is 1. The summed E-state index contributed by atoms with van der Waals surface area (Å²) in [5.74, 6) is -16.2. The Kier molecular flexibility index (Phi) is 63.7. The van der Waals surface area contributed by atoms with Gasteiger partial charge in [-0.1, -0.05) is 130 Å². The van der Waals surface area contributed by atoms with Crippen molar-refractivity contribution in [3.05, 3.63) is 48.0 Å². The summed E-state index contributed by atoms with van der Waals surface area (Å²) in [6.07, 6.45) is 21.0. The van der Waals surface area contributed by atoms with Crippen LogP contribution in [0.5, 0.6) is 5.75 Å². The summed E-state index contributed by atoms with van der Waals surface area (Å²) in [5, 5.41) is 59.8. The number of phenolic OH excluding ortho intramolecular Hbond substituents is 1. The zero-order valence-electron chi connectivity index (χ0n) is 80.1. The van der Waals surface area contributed by atoms with Crippen LogP contribution in [-0.4, -0.2) is 223 Å². The molecule has 748 valence electrons. The van der Waals surface area contributed by atoms with Gasteiger partial charge in [0.05, 0.1) is 73.4 Å². The molecule has 0 saturated carbocycles. The molecule has 0 unspecified atom stereocenters. The number of aromatic hydroxyl groups is 1. The van der Waals surface area contributed by atoms with Gasteiger partial charge in [0.1, 0.15) is 17.6 Å². The highest BCUT2D eigenvalue weighted by Gasteiger charge is 2.39. The number of aromatic amines is 1. The fourth-order valence-electron chi connectivity index (χ4n) is 15.3. The van der Waals surface area contributed by atoms with Crippen molar-refractivity contribution in [2.24, 2.45) is 97.5 Å². The maximum absolute atomic E-state index is 14.7. The van der Waals surface area contributed by atoms with Crippen molar-refractivity contribution in [2.45, 2.75) is 342 Å². The van der Waals surface area contributed by atoms with Gasteiger partial charge in [-0.15, -0.1) is 0 Å². The third kappa shape index (κ3) is 55.0. The third-order valence-electron chi connectivity index (χ3n) is 22.9. The predicted molar refractivity (Wildman–Crippen MR) is 511 cm³/mol. The summed E-state index contributed by atoms with van der Waals surface area (Å²) < 4.78 is 0. The summed E-state index contributed by atoms with van der Waals surface area (Å²) in [4.78, 5) is 216. The minimum Gasteiger partial charge on any atom is -0.508 e. The molecule has 0 fully saturated rings. The van der Waals surface area contributed by atoms with Crippen LogP contribution < -0.4 is 77.4 Å². The maximum Gasteiger partial charge on any atom is 0.305 e. The normalized spacial score (nSPS) is 14.5. The van der Waals surface area contributed by atoms with E-state index in [4.69, 9.17) is 40.1 Å². The molecule has 38 heteroatoms. The smallest absolute Gasteiger partial charge is 0.305 e. The fraction of sp³-hybridized carbons (Fsp3) is 0.723. The van der Waals surface area contributed by atoms with E-state index in [1.165, 1.54) is 127 Å². The molecule has 0 bridgehead atoms. The molecular formula is C94H162N18O19S. The minimum absolute atomic E-state index is 0.0139. The quantitative estimate of drug-likeness (QED) is 0.0211. The predicted octanol–water partition coefficient (Wildman–Crippen LogP) is 5.82. The first-order chi connectivity index (χ1) is 62.6. The number of aliphatic imine (C=N–C) groups is 2. The number of carbonyl (C=O) groups is 15. The molecular weight excluding hydrogens is 1720 g/mol. The highest BCUT2D eigenvalue weighted by molar-refractivity contribution is 7.98. The van der Waals surface area contributed by atoms with Gasteiger partial charge < -0.3 is 108 Å². The first kappa shape index (κ1) is 120. The number of unbranched alkanes of at least 4 members (excludes halogenated alkanes) is 14. The SMILES string of the molecule is CCCCCCCCCCCCCCCC(=O)N[C@@H](CCCCN)C(=O)N[C@@H](C)C(=O)C[C@@H](CC(C)C)C(=O)N[C@H](C)CCCN=C(N)N.CSCC[C@H](NC(=O)[C@H](CO)CC(C)=O)C(=O)C[C@H](C(=O)N[C@@H](CC(=O)O)C(=O)C[C@@H](CCCCN)C(=O)N[C@@H](Cc1ccc(O)cc1)C(=O)C[C@@H](CCCN=C(N)N)C(=O)N[C@@H](CC(C)C)C(=O)C[C@@H](Cc1cnc[nH]1)C(N)=O)[C@@H](C)O. The largest absolute Gasteiger partial charge is 0.508 e. The number of carboxylic acids is 1. The van der Waals surface area contributed by atoms with E-state index in [2.05, 4.69) is 64.1 Å². The number of hydrogen-bond acceptors (Lipinski definition) is 24. The van der Waals surface area contributed by atoms with E-state index >= 15 is 0 Å². The molecule has 2 aromatic rings. The molecule has 0 aliphatic heterocycles. The number of nitrogens with two attached hydrogens (primary N) is 7. The van der Waals surface area contributed by atoms with Crippen LogP contribution in [0.15, 0.2) is 46.8 Å². The molecule has 1 heterocycles. The molecule has 0 saturated heterocycles. The van der Waals surface area contributed by atoms with Gasteiger partial charge >= 0.3 is 5.97 Å². The number of imidazole rings is 1. The number of hydrogen-bond donors (Lipinski definition) is 19. The lowest BCUT2D eigenvalue weighted by atomic mass is 9.88. The molecule has 0 aliphatic rings. The second-order valence-electron chi connectivity index (χ2n) is 35.9. The number of nitrogens with zero attached hydrogens (tertiary/aromatic N) is 3. The number of rotatable bonds is 76. The minimum atomic E-state index is -1.80. The summed E-state index contributed by atoms with van der Waals surface area (Å²) in [7, 11) is 0. The summed E-state index contributed by atoms with van der Waals surface area (Å²) in [6, 6.07) is -1.41. The van der Waals surface area contributed by atoms with E-state index in [9.17, 15) is 92.3 Å². The third-order valence-corrected chi connectivity index (χ3v) is 23.5. The number of thioether (sulfide) groups is 1. The summed E-state index contributed by atoms with van der Waals surface area (Å²) in [6.45, 7) is 16.5. The van der Waals surface area contributed by atoms with Crippen LogP contribution in [0.1, 0.15) is 292 Å². The molecule has 2 rings (SSSR count). The van der Waals surface area contributed by atoms with Gasteiger partial charge in [0.2, 0.25) is 47.3 Å². The number of Topliss-reactive ketones (excluding diaryl/α,β-unsaturated/α-hetero) is 6. The number of amides is 8. The summed E-state index contributed by atoms with van der Waals surface area (Å²) in [5.41, 5.74) is 40.0. The van der Waals surface area contributed by atoms with Crippen LogP contribution in [0.2, 0.25) is 0 Å². The van der Waals surface area contributed by atoms with Gasteiger partial charge in [0.15, 0.2) is 40.8 Å². The zero-order chi connectivity index (χ0) is 99.2. The van der Waals surface area contributed by atoms with Crippen LogP contribution in [0, 0.1) is 47.3 Å². The second-order valence-corrected chi connectivity index (χ2v) is 36.9. The van der Waals surface area contributed by atoms with Crippen molar-refractivity contribution in [1.29, 1.82) is 0 Å². The Morgan fingerprint density at radius 2 is 0.939 bits per heavy atom. The molecule has 0 spiro atoms. The van der Waals surface area contributed by atoms with Crippen LogP contribution in [0.3, 0.4) is 0 Å². The van der Waals surface area contributed by atoms with Crippen molar-refractivity contribution in [1.82, 2.24) is 47.2 Å². The number of nitrogens with one attached hydrogen (secondary N) is 8. The molecule has 0 aliphatic carbocycles. The number of aliphatic hydroxyl groups excluding tert-OH is 2. The van der Waals surface area contributed by atoms with E-state index in [1.807, 2.05) is 34.6 Å². The van der Waals surface area contributed by atoms with Crippen molar-refractivity contribution in [2.75, 3.05) is 44.8 Å². The van der Waals surface area contributed by atoms with Crippen LogP contribution in [0.25, 0.3) is 0 Å². The number of benzene rings is 1. The number of H-pyrrole nitrogens is 1. The molecule has 1 aromatic heterocycles. The van der Waals surface area contributed by atoms with E-state index < -0.39 is 169 Å². The van der Waals surface area contributed by atoms with Gasteiger partial charge in [0, 0.05) is 100 Å². The molecule has 8 amide bonds. The first-order valence-electron chi connectivity index (χ1n) is 47.4. The first-order valence-corrected chi connectivity index (χ1v) is 48.8. The summed E-state index contributed by atoms with van der Waals surface area (Å²) >= 11 is 1.34. The van der Waals surface area contributed by atoms with Gasteiger partial charge in [-0.3, -0.25) is 77.1 Å². The van der Waals surface area contributed by atoms with Crippen molar-refractivity contribution in [3.63, 3.8) is 0 Å². The highest BCUT2D eigenvalue weighted by atomic mass is 32.2. The molecule has 37 nitrogen and oxygen atoms in total. The number of ketones is 6. The van der Waals surface area contributed by atoms with E-state index in [-0.39, 0.29) is 149 Å². The Balaban J connectivity index is 0.00000151. The standard InChI is InChI=1S/C56H87N11O15S.C38H75N7O4/c1-31(2)19-43(48(74)25-37(51(58)78)22-39-28-61-30-63-39)65-53(80)36(10-8-17-62-56(59)60)24-46(72)44(21-34-11-13-40(71)14-12-34)66-52(79)35(9-6-7-16-57)23-47(73)45(27-50(76)77)67-55(82)41(33(4)70)26-49(75)42(15-18-83-5)64-54(81)38(29-68)20-32(3)69;1-6-7-8-9-10-11-12-13-14-15-16-17-18-24-35(47)45-33(23-19-20-25-39)37(49)44-31(5)34(46)28-32(27-29(2)3)36(48)43-30(4)22-21-26-42-38(40)41/h11-14,28,30-31,33,35-38,41-45,68,70-71H,6-10,15-27,29,57H2,1-5H3,(H2,58,78)(H,61,63)(H,64,81)(H,65,80)(H,66,79)(H,67,82)(H,76,77)(H4,59,60,62);29-33H,6-28,39H2,1-5H3,(H,43,48)(H,44,49)(H,45,47)(H4,40,41,42)/t33-,35-,36-,37-,38+,41+,42+,43+,44+,45+;30-,31+,32-,33+/m11/s1. The monoisotopic (exact) mass is 1880 g/mol. The lowest BCUT2D eigenvalue weighted by Crippen LogP contribution is -2.51. The number of carboxylic acid groups (broad SMARTS) is 1. The number of carbonyl (C=O) groups excluding carboxylic acids is 14. The Bertz CT molecular complexity index is 3840. The molecule has 132 heavy (non-hydrogen) atoms. The van der Waals surface area contributed by atoms with Crippen LogP contribution in [-0.2, 0) is 84.8 Å². The topological polar surface area (TPSA) is 657 Å². The fourth-order valence-corrected chi connectivity index (χ4v) is 15.7. The second kappa shape index (κ2) is 70.0. The maximum atomic E-state index is 14.7. The lowest BCUT2D eigenvalue weighted by molar-refractivity contribution is -0.142. The van der Waals surface area contributed by atoms with E-state index in [1.54, 1.807) is 13.2 Å². The zero-order valence-corrected chi connectivity index (χ0v) is 80.9. The highest BCUT2D eigenvalue weighted by Crippen LogP contribution is 2.26. The Morgan fingerprint density at radius 1 is 0.462 bits per heavy atom. The Morgan fingerprint density at radius 3 is 1.44 bits per heavy atom. The van der Waals surface area contributed by atoms with Crippen molar-refractivity contribution < 1.29 is 92.3 Å². The molecule has 1 aromatic carbocycles. The van der Waals surface area contributed by atoms with Gasteiger partial charge in [-0.05, 0) is 172 Å². The average molecular weight is 1880 g/mol. The van der Waals surface area contributed by atoms with Crippen molar-refractivity contribution in [3.8, 4) is 5.75 Å². The molecule has 26 N–H and O–H groups in total. The number of aromatic nitrogens is 2. The lowest BCUT2D eigenvalue weighted by Gasteiger charge is -2.27. The Hall–Kier alpha value is -9.79. The van der Waals surface area contributed by atoms with Crippen LogP contribution in [0.4, 0.5) is 0 Å². The van der Waals surface area contributed by atoms with Gasteiger partial charge in [-0.25, -0.2) is 4.98 Å². The molecule has 0 radical (unpaired) electrons.